The Kier molecular flexibility index (Phi) is 5.13. The van der Waals surface area contributed by atoms with Crippen LogP contribution in [0.1, 0.15) is 18.5 Å². The Morgan fingerprint density at radius 1 is 1.43 bits per heavy atom. The second-order valence-electron chi connectivity index (χ2n) is 5.09. The maximum Gasteiger partial charge on any atom is 0.315 e. The van der Waals surface area contributed by atoms with Crippen molar-refractivity contribution in [2.45, 2.75) is 25.4 Å². The average Bonchev–Trinajstić information content (AvgIpc) is 3.21. The van der Waals surface area contributed by atoms with E-state index >= 15 is 0 Å². The van der Waals surface area contributed by atoms with Gasteiger partial charge < -0.3 is 10.6 Å². The molecule has 2 rings (SSSR count). The summed E-state index contributed by atoms with van der Waals surface area (Å²) in [5.41, 5.74) is 0.672. The molecule has 116 valence electrons. The lowest BCUT2D eigenvalue weighted by atomic mass is 10.3. The van der Waals surface area contributed by atoms with Crippen LogP contribution in [0.4, 0.5) is 4.79 Å². The number of amides is 2. The summed E-state index contributed by atoms with van der Waals surface area (Å²) < 4.78 is 24.8. The standard InChI is InChI=1S/C13H20N4O3S/c1-21(19,20)17(10-12-4-2-3-7-14-12)9-8-15-13(18)16-11-5-6-11/h2-4,7,11H,5-6,8-10H2,1H3,(H2,15,16,18). The van der Waals surface area contributed by atoms with Crippen molar-refractivity contribution in [3.63, 3.8) is 0 Å². The Morgan fingerprint density at radius 3 is 2.76 bits per heavy atom. The third-order valence-corrected chi connectivity index (χ3v) is 4.34. The van der Waals surface area contributed by atoms with Crippen LogP contribution in [0.3, 0.4) is 0 Å². The van der Waals surface area contributed by atoms with Gasteiger partial charge in [-0.3, -0.25) is 4.98 Å². The molecule has 8 heteroatoms. The minimum absolute atomic E-state index is 0.200. The molecule has 21 heavy (non-hydrogen) atoms. The van der Waals surface area contributed by atoms with E-state index in [9.17, 15) is 13.2 Å². The molecular formula is C13H20N4O3S. The molecule has 1 aromatic heterocycles. The number of aromatic nitrogens is 1. The van der Waals surface area contributed by atoms with Crippen LogP contribution >= 0.6 is 0 Å². The monoisotopic (exact) mass is 312 g/mol. The molecule has 0 aliphatic heterocycles. The SMILES string of the molecule is CS(=O)(=O)N(CCNC(=O)NC1CC1)Cc1ccccn1. The molecule has 1 saturated carbocycles. The number of carbonyl (C=O) groups is 1. The lowest BCUT2D eigenvalue weighted by Crippen LogP contribution is -2.42. The van der Waals surface area contributed by atoms with E-state index in [0.717, 1.165) is 19.1 Å². The van der Waals surface area contributed by atoms with Gasteiger partial charge in [0.1, 0.15) is 0 Å². The van der Waals surface area contributed by atoms with E-state index in [1.165, 1.54) is 4.31 Å². The fourth-order valence-corrected chi connectivity index (χ4v) is 2.58. The van der Waals surface area contributed by atoms with Crippen LogP contribution in [0.15, 0.2) is 24.4 Å². The van der Waals surface area contributed by atoms with Crippen molar-refractivity contribution in [1.82, 2.24) is 19.9 Å². The highest BCUT2D eigenvalue weighted by Gasteiger charge is 2.23. The minimum Gasteiger partial charge on any atom is -0.337 e. The van der Waals surface area contributed by atoms with Crippen LogP contribution in [0.2, 0.25) is 0 Å². The molecule has 1 aliphatic rings. The van der Waals surface area contributed by atoms with E-state index in [1.807, 2.05) is 6.07 Å². The zero-order valence-corrected chi connectivity index (χ0v) is 12.8. The molecule has 7 nitrogen and oxygen atoms in total. The van der Waals surface area contributed by atoms with Crippen LogP contribution in [0, 0.1) is 0 Å². The molecule has 2 amide bonds. The fourth-order valence-electron chi connectivity index (χ4n) is 1.79. The second-order valence-corrected chi connectivity index (χ2v) is 7.07. The first kappa shape index (κ1) is 15.7. The largest absolute Gasteiger partial charge is 0.337 e. The van der Waals surface area contributed by atoms with Gasteiger partial charge in [-0.2, -0.15) is 4.31 Å². The van der Waals surface area contributed by atoms with Crippen molar-refractivity contribution in [3.05, 3.63) is 30.1 Å². The van der Waals surface area contributed by atoms with Crippen molar-refractivity contribution in [1.29, 1.82) is 0 Å². The van der Waals surface area contributed by atoms with Gasteiger partial charge in [-0.15, -0.1) is 0 Å². The predicted octanol–water partition coefficient (Wildman–Crippen LogP) is 0.305. The number of nitrogens with one attached hydrogen (secondary N) is 2. The average molecular weight is 312 g/mol. The number of rotatable bonds is 7. The lowest BCUT2D eigenvalue weighted by molar-refractivity contribution is 0.239. The number of pyridine rings is 1. The number of carbonyl (C=O) groups excluding carboxylic acids is 1. The van der Waals surface area contributed by atoms with Gasteiger partial charge >= 0.3 is 6.03 Å². The topological polar surface area (TPSA) is 91.4 Å². The molecule has 0 aromatic carbocycles. The number of hydrogen-bond acceptors (Lipinski definition) is 4. The van der Waals surface area contributed by atoms with Crippen LogP contribution in [0.25, 0.3) is 0 Å². The molecule has 1 aliphatic carbocycles. The molecule has 1 heterocycles. The Morgan fingerprint density at radius 2 is 2.19 bits per heavy atom. The molecule has 0 radical (unpaired) electrons. The molecule has 0 saturated heterocycles. The van der Waals surface area contributed by atoms with Crippen molar-refractivity contribution in [2.24, 2.45) is 0 Å². The van der Waals surface area contributed by atoms with Crippen LogP contribution in [-0.4, -0.2) is 49.1 Å². The summed E-state index contributed by atoms with van der Waals surface area (Å²) in [6, 6.07) is 5.39. The summed E-state index contributed by atoms with van der Waals surface area (Å²) in [5, 5.41) is 5.45. The van der Waals surface area contributed by atoms with Crippen LogP contribution < -0.4 is 10.6 Å². The summed E-state index contributed by atoms with van der Waals surface area (Å²) in [6.45, 7) is 0.678. The van der Waals surface area contributed by atoms with E-state index in [-0.39, 0.29) is 31.7 Å². The number of nitrogens with zero attached hydrogens (tertiary/aromatic N) is 2. The normalized spacial score (nSPS) is 15.0. The van der Waals surface area contributed by atoms with Gasteiger partial charge in [0.05, 0.1) is 18.5 Å². The molecule has 1 aromatic rings. The molecule has 1 fully saturated rings. The number of urea groups is 1. The van der Waals surface area contributed by atoms with Gasteiger partial charge in [-0.25, -0.2) is 13.2 Å². The van der Waals surface area contributed by atoms with E-state index in [2.05, 4.69) is 15.6 Å². The molecular weight excluding hydrogens is 292 g/mol. The Balaban J connectivity index is 1.83. The van der Waals surface area contributed by atoms with Crippen molar-refractivity contribution in [2.75, 3.05) is 19.3 Å². The van der Waals surface area contributed by atoms with Crippen LogP contribution in [-0.2, 0) is 16.6 Å². The summed E-state index contributed by atoms with van der Waals surface area (Å²) in [5.74, 6) is 0. The summed E-state index contributed by atoms with van der Waals surface area (Å²) in [6.07, 6.45) is 4.81. The van der Waals surface area contributed by atoms with Crippen molar-refractivity contribution in [3.8, 4) is 0 Å². The Bertz CT molecular complexity index is 572. The number of hydrogen-bond donors (Lipinski definition) is 2. The quantitative estimate of drug-likeness (QED) is 0.758. The maximum atomic E-state index is 11.8. The summed E-state index contributed by atoms with van der Waals surface area (Å²) in [4.78, 5) is 15.6. The highest BCUT2D eigenvalue weighted by molar-refractivity contribution is 7.88. The smallest absolute Gasteiger partial charge is 0.315 e. The predicted molar refractivity (Wildman–Crippen MR) is 79.0 cm³/mol. The van der Waals surface area contributed by atoms with Crippen molar-refractivity contribution < 1.29 is 13.2 Å². The highest BCUT2D eigenvalue weighted by Crippen LogP contribution is 2.18. The van der Waals surface area contributed by atoms with E-state index in [4.69, 9.17) is 0 Å². The first-order valence-corrected chi connectivity index (χ1v) is 8.69. The zero-order valence-electron chi connectivity index (χ0n) is 11.9. The van der Waals surface area contributed by atoms with Gasteiger partial charge in [0.2, 0.25) is 10.0 Å². The molecule has 0 spiro atoms. The van der Waals surface area contributed by atoms with Crippen molar-refractivity contribution >= 4 is 16.1 Å². The third-order valence-electron chi connectivity index (χ3n) is 3.09. The number of sulfonamides is 1. The van der Waals surface area contributed by atoms with E-state index in [0.29, 0.717) is 5.69 Å². The zero-order chi connectivity index (χ0) is 15.3. The second kappa shape index (κ2) is 6.86. The lowest BCUT2D eigenvalue weighted by Gasteiger charge is -2.19. The molecule has 0 bridgehead atoms. The third kappa shape index (κ3) is 5.68. The van der Waals surface area contributed by atoms with E-state index < -0.39 is 10.0 Å². The van der Waals surface area contributed by atoms with Crippen LogP contribution in [0.5, 0.6) is 0 Å². The van der Waals surface area contributed by atoms with Gasteiger partial charge in [0, 0.05) is 25.3 Å². The Labute approximate surface area is 124 Å². The van der Waals surface area contributed by atoms with Gasteiger partial charge in [-0.05, 0) is 25.0 Å². The van der Waals surface area contributed by atoms with E-state index in [1.54, 1.807) is 18.3 Å². The highest BCUT2D eigenvalue weighted by atomic mass is 32.2. The summed E-state index contributed by atoms with van der Waals surface area (Å²) in [7, 11) is -3.35. The molecule has 0 atom stereocenters. The van der Waals surface area contributed by atoms with Gasteiger partial charge in [0.15, 0.2) is 0 Å². The summed E-state index contributed by atoms with van der Waals surface area (Å²) >= 11 is 0. The minimum atomic E-state index is -3.35. The fraction of sp³-hybridized carbons (Fsp3) is 0.538. The Hall–Kier alpha value is -1.67. The van der Waals surface area contributed by atoms with Gasteiger partial charge in [-0.1, -0.05) is 6.07 Å². The maximum absolute atomic E-state index is 11.8. The first-order chi connectivity index (χ1) is 9.95. The van der Waals surface area contributed by atoms with Gasteiger partial charge in [0.25, 0.3) is 0 Å². The first-order valence-electron chi connectivity index (χ1n) is 6.84. The molecule has 0 unspecified atom stereocenters. The molecule has 2 N–H and O–H groups in total.